The smallest absolute Gasteiger partial charge is 0.505 e. The Morgan fingerprint density at radius 3 is 2.51 bits per heavy atom. The minimum Gasteiger partial charge on any atom is -0.505 e. The minimum atomic E-state index is -4.97. The van der Waals surface area contributed by atoms with Gasteiger partial charge in [0.25, 0.3) is 11.5 Å². The summed E-state index contributed by atoms with van der Waals surface area (Å²) in [7, 11) is 0. The van der Waals surface area contributed by atoms with Gasteiger partial charge in [-0.2, -0.15) is 0 Å². The largest absolute Gasteiger partial charge is 0.574 e. The first-order valence-electron chi connectivity index (χ1n) is 9.70. The van der Waals surface area contributed by atoms with Gasteiger partial charge >= 0.3 is 6.36 Å². The van der Waals surface area contributed by atoms with Crippen LogP contribution in [0.4, 0.5) is 18.9 Å². The fraction of sp³-hybridized carbons (Fsp3) is 0.0909. The highest BCUT2D eigenvalue weighted by atomic mass is 35.5. The molecule has 0 bridgehead atoms. The van der Waals surface area contributed by atoms with Gasteiger partial charge in [-0.25, -0.2) is 9.97 Å². The van der Waals surface area contributed by atoms with Crippen molar-refractivity contribution in [2.75, 3.05) is 5.32 Å². The van der Waals surface area contributed by atoms with Gasteiger partial charge in [-0.05, 0) is 30.3 Å². The van der Waals surface area contributed by atoms with Crippen LogP contribution in [-0.2, 0) is 6.54 Å². The molecule has 2 N–H and O–H groups in total. The zero-order valence-corrected chi connectivity index (χ0v) is 18.8. The molecule has 2 aromatic heterocycles. The zero-order valence-electron chi connectivity index (χ0n) is 17.3. The molecule has 0 aliphatic carbocycles. The molecule has 2 aromatic carbocycles. The van der Waals surface area contributed by atoms with E-state index < -0.39 is 23.7 Å². The molecule has 35 heavy (non-hydrogen) atoms. The number of amides is 1. The molecular formula is C22H13Cl2F3N4O4. The van der Waals surface area contributed by atoms with Crippen LogP contribution < -0.4 is 15.6 Å². The number of phenols is 1. The normalized spacial score (nSPS) is 11.5. The highest BCUT2D eigenvalue weighted by molar-refractivity contribution is 6.37. The number of aromatic nitrogens is 3. The van der Waals surface area contributed by atoms with Crippen LogP contribution in [0, 0.1) is 0 Å². The Hall–Kier alpha value is -3.83. The van der Waals surface area contributed by atoms with Crippen LogP contribution >= 0.6 is 23.2 Å². The second-order valence-electron chi connectivity index (χ2n) is 7.14. The van der Waals surface area contributed by atoms with Gasteiger partial charge in [0.2, 0.25) is 5.88 Å². The molecule has 2 heterocycles. The van der Waals surface area contributed by atoms with Crippen molar-refractivity contribution < 1.29 is 27.8 Å². The van der Waals surface area contributed by atoms with Gasteiger partial charge in [-0.1, -0.05) is 35.3 Å². The number of pyridine rings is 1. The summed E-state index contributed by atoms with van der Waals surface area (Å²) in [6.07, 6.45) is -2.67. The van der Waals surface area contributed by atoms with Crippen molar-refractivity contribution in [3.63, 3.8) is 0 Å². The molecule has 8 nitrogen and oxygen atoms in total. The average Bonchev–Trinajstić information content (AvgIpc) is 2.79. The molecule has 4 rings (SSSR count). The number of nitrogens with zero attached hydrogens (tertiary/aromatic N) is 3. The van der Waals surface area contributed by atoms with Crippen molar-refractivity contribution in [3.05, 3.63) is 86.5 Å². The number of hydrogen-bond donors (Lipinski definition) is 2. The highest BCUT2D eigenvalue weighted by Gasteiger charge is 2.33. The molecule has 1 amide bonds. The quantitative estimate of drug-likeness (QED) is 0.380. The van der Waals surface area contributed by atoms with E-state index in [0.717, 1.165) is 10.8 Å². The Morgan fingerprint density at radius 1 is 1.11 bits per heavy atom. The summed E-state index contributed by atoms with van der Waals surface area (Å²) >= 11 is 11.7. The SMILES string of the molecule is O=C(Nc1cccc2ncn(Cc3cccnc3OC(F)(F)F)c(=O)c12)c1cc(Cl)c(O)c(Cl)c1. The minimum absolute atomic E-state index is 0.0111. The van der Waals surface area contributed by atoms with E-state index in [2.05, 4.69) is 20.0 Å². The van der Waals surface area contributed by atoms with E-state index in [1.165, 1.54) is 42.7 Å². The topological polar surface area (TPSA) is 106 Å². The van der Waals surface area contributed by atoms with E-state index >= 15 is 0 Å². The molecule has 0 radical (unpaired) electrons. The van der Waals surface area contributed by atoms with Gasteiger partial charge in [0, 0.05) is 17.3 Å². The molecule has 180 valence electrons. The van der Waals surface area contributed by atoms with Crippen molar-refractivity contribution in [1.82, 2.24) is 14.5 Å². The molecule has 0 fully saturated rings. The van der Waals surface area contributed by atoms with Crippen LogP contribution in [-0.4, -0.2) is 31.9 Å². The average molecular weight is 525 g/mol. The Morgan fingerprint density at radius 2 is 1.83 bits per heavy atom. The van der Waals surface area contributed by atoms with E-state index in [0.29, 0.717) is 0 Å². The first-order chi connectivity index (χ1) is 16.5. The van der Waals surface area contributed by atoms with Crippen LogP contribution in [0.5, 0.6) is 11.6 Å². The van der Waals surface area contributed by atoms with Crippen molar-refractivity contribution in [1.29, 1.82) is 0 Å². The summed E-state index contributed by atoms with van der Waals surface area (Å²) in [6.45, 7) is -0.327. The monoisotopic (exact) mass is 524 g/mol. The molecule has 0 atom stereocenters. The summed E-state index contributed by atoms with van der Waals surface area (Å²) < 4.78 is 43.2. The number of benzene rings is 2. The number of aromatic hydroxyl groups is 1. The standard InChI is InChI=1S/C22H13Cl2F3N4O4/c23-13-7-12(8-14(24)18(13)32)19(33)30-16-5-1-4-15-17(16)21(34)31(10-29-15)9-11-3-2-6-28-20(11)35-22(25,26)27/h1-8,10,32H,9H2,(H,30,33). The van der Waals surface area contributed by atoms with E-state index in [1.54, 1.807) is 6.07 Å². The number of alkyl halides is 3. The molecule has 0 unspecified atom stereocenters. The molecule has 13 heteroatoms. The number of carbonyl (C=O) groups excluding carboxylic acids is 1. The van der Waals surface area contributed by atoms with Crippen molar-refractivity contribution in [2.45, 2.75) is 12.9 Å². The number of ether oxygens (including phenoxy) is 1. The number of anilines is 1. The number of rotatable bonds is 5. The molecule has 0 saturated carbocycles. The first kappa shape index (κ1) is 24.3. The fourth-order valence-corrected chi connectivity index (χ4v) is 3.72. The predicted octanol–water partition coefficient (Wildman–Crippen LogP) is 5.00. The molecule has 0 aliphatic heterocycles. The number of carbonyl (C=O) groups is 1. The molecule has 0 spiro atoms. The van der Waals surface area contributed by atoms with Crippen LogP contribution in [0.25, 0.3) is 10.9 Å². The lowest BCUT2D eigenvalue weighted by Gasteiger charge is -2.14. The van der Waals surface area contributed by atoms with E-state index in [9.17, 15) is 27.9 Å². The van der Waals surface area contributed by atoms with Gasteiger partial charge in [0.15, 0.2) is 5.75 Å². The molecule has 0 saturated heterocycles. The van der Waals surface area contributed by atoms with Gasteiger partial charge < -0.3 is 15.2 Å². The van der Waals surface area contributed by atoms with Crippen LogP contribution in [0.1, 0.15) is 15.9 Å². The maximum atomic E-state index is 13.2. The van der Waals surface area contributed by atoms with Crippen molar-refractivity contribution >= 4 is 45.7 Å². The highest BCUT2D eigenvalue weighted by Crippen LogP contribution is 2.33. The Labute approximate surface area is 204 Å². The zero-order chi connectivity index (χ0) is 25.3. The maximum Gasteiger partial charge on any atom is 0.574 e. The van der Waals surface area contributed by atoms with E-state index in [-0.39, 0.29) is 50.1 Å². The van der Waals surface area contributed by atoms with Gasteiger partial charge in [0.05, 0.1) is 39.5 Å². The summed E-state index contributed by atoms with van der Waals surface area (Å²) in [5.74, 6) is -1.76. The summed E-state index contributed by atoms with van der Waals surface area (Å²) in [6, 6.07) is 9.68. The number of nitrogens with one attached hydrogen (secondary N) is 1. The lowest BCUT2D eigenvalue weighted by molar-refractivity contribution is -0.276. The van der Waals surface area contributed by atoms with Crippen LogP contribution in [0.2, 0.25) is 10.0 Å². The lowest BCUT2D eigenvalue weighted by atomic mass is 10.1. The molecule has 4 aromatic rings. The van der Waals surface area contributed by atoms with E-state index in [1.807, 2.05) is 0 Å². The van der Waals surface area contributed by atoms with Gasteiger partial charge in [-0.15, -0.1) is 13.2 Å². The third kappa shape index (κ3) is 5.31. The first-order valence-corrected chi connectivity index (χ1v) is 10.5. The van der Waals surface area contributed by atoms with Crippen LogP contribution in [0.3, 0.4) is 0 Å². The third-order valence-corrected chi connectivity index (χ3v) is 5.36. The Kier molecular flexibility index (Phi) is 6.55. The Bertz CT molecular complexity index is 1490. The number of fused-ring (bicyclic) bond motifs is 1. The van der Waals surface area contributed by atoms with E-state index in [4.69, 9.17) is 23.2 Å². The van der Waals surface area contributed by atoms with Crippen LogP contribution in [0.15, 0.2) is 59.8 Å². The fourth-order valence-electron chi connectivity index (χ4n) is 3.24. The van der Waals surface area contributed by atoms with Crippen molar-refractivity contribution in [2.24, 2.45) is 0 Å². The number of phenolic OH excluding ortho intramolecular Hbond substituents is 1. The summed E-state index contributed by atoms with van der Waals surface area (Å²) in [4.78, 5) is 33.8. The summed E-state index contributed by atoms with van der Waals surface area (Å²) in [5.41, 5.74) is -0.290. The van der Waals surface area contributed by atoms with Gasteiger partial charge in [-0.3, -0.25) is 14.2 Å². The summed E-state index contributed by atoms with van der Waals surface area (Å²) in [5, 5.41) is 12.0. The lowest BCUT2D eigenvalue weighted by Crippen LogP contribution is -2.24. The molecule has 0 aliphatic rings. The second kappa shape index (κ2) is 9.43. The van der Waals surface area contributed by atoms with Crippen molar-refractivity contribution in [3.8, 4) is 11.6 Å². The van der Waals surface area contributed by atoms with Gasteiger partial charge in [0.1, 0.15) is 0 Å². The molecular weight excluding hydrogens is 512 g/mol. The Balaban J connectivity index is 1.71. The third-order valence-electron chi connectivity index (χ3n) is 4.78. The maximum absolute atomic E-state index is 13.2. The number of hydrogen-bond acceptors (Lipinski definition) is 6. The second-order valence-corrected chi connectivity index (χ2v) is 7.95. The number of halogens is 5. The predicted molar refractivity (Wildman–Crippen MR) is 122 cm³/mol.